The summed E-state index contributed by atoms with van der Waals surface area (Å²) in [7, 11) is 0. The molecule has 10 nitrogen and oxygen atoms in total. The van der Waals surface area contributed by atoms with Crippen LogP contribution in [0.1, 0.15) is 39.2 Å². The van der Waals surface area contributed by atoms with Crippen LogP contribution in [0.4, 0.5) is 0 Å². The fourth-order valence-electron chi connectivity index (χ4n) is 4.04. The van der Waals surface area contributed by atoms with Crippen molar-refractivity contribution in [1.29, 1.82) is 0 Å². The van der Waals surface area contributed by atoms with Gasteiger partial charge in [-0.1, -0.05) is 12.1 Å². The number of carbonyl (C=O) groups is 3. The molecule has 0 aromatic heterocycles. The molecule has 202 valence electrons. The third-order valence-electron chi connectivity index (χ3n) is 6.31. The highest BCUT2D eigenvalue weighted by Gasteiger charge is 2.26. The van der Waals surface area contributed by atoms with Gasteiger partial charge in [-0.3, -0.25) is 14.5 Å². The van der Waals surface area contributed by atoms with E-state index in [1.54, 1.807) is 0 Å². The van der Waals surface area contributed by atoms with Crippen LogP contribution in [0.25, 0.3) is 0 Å². The molecule has 0 spiro atoms. The van der Waals surface area contributed by atoms with Crippen molar-refractivity contribution in [3.63, 3.8) is 0 Å². The van der Waals surface area contributed by atoms with Gasteiger partial charge in [-0.2, -0.15) is 0 Å². The number of ketones is 2. The monoisotopic (exact) mass is 508 g/mol. The lowest BCUT2D eigenvalue weighted by molar-refractivity contribution is -0.156. The summed E-state index contributed by atoms with van der Waals surface area (Å²) in [5.74, 6) is -1.20. The number of aliphatic hydroxyl groups excluding tert-OH is 2. The van der Waals surface area contributed by atoms with Crippen LogP contribution in [0, 0.1) is 0 Å². The second kappa shape index (κ2) is 15.0. The van der Waals surface area contributed by atoms with Crippen LogP contribution in [0.15, 0.2) is 24.3 Å². The Balaban J connectivity index is 0.000000388. The number of ether oxygens (including phenoxy) is 2. The molecule has 2 atom stereocenters. The summed E-state index contributed by atoms with van der Waals surface area (Å²) in [5, 5.41) is 25.1. The van der Waals surface area contributed by atoms with Gasteiger partial charge < -0.3 is 29.7 Å². The van der Waals surface area contributed by atoms with Gasteiger partial charge >= 0.3 is 5.97 Å². The van der Waals surface area contributed by atoms with Crippen LogP contribution in [-0.4, -0.2) is 113 Å². The van der Waals surface area contributed by atoms with E-state index in [4.69, 9.17) is 24.8 Å². The van der Waals surface area contributed by atoms with Gasteiger partial charge in [0.1, 0.15) is 18.0 Å². The number of carboxylic acids is 1. The summed E-state index contributed by atoms with van der Waals surface area (Å²) in [5.41, 5.74) is 1.06. The summed E-state index contributed by atoms with van der Waals surface area (Å²) in [6.07, 6.45) is -0.880. The molecule has 36 heavy (non-hydrogen) atoms. The van der Waals surface area contributed by atoms with Crippen LogP contribution in [-0.2, 0) is 25.5 Å². The van der Waals surface area contributed by atoms with E-state index in [1.165, 1.54) is 0 Å². The van der Waals surface area contributed by atoms with E-state index < -0.39 is 24.0 Å². The lowest BCUT2D eigenvalue weighted by Gasteiger charge is -2.34. The molecule has 0 saturated carbocycles. The molecule has 3 N–H and O–H groups in total. The number of nitrogens with zero attached hydrogens (tertiary/aromatic N) is 2. The van der Waals surface area contributed by atoms with Crippen LogP contribution in [0.2, 0.25) is 0 Å². The molecule has 2 aliphatic heterocycles. The molecule has 2 unspecified atom stereocenters. The molecule has 2 saturated heterocycles. The first-order valence-corrected chi connectivity index (χ1v) is 12.5. The highest BCUT2D eigenvalue weighted by Crippen LogP contribution is 2.21. The molecule has 2 aliphatic rings. The van der Waals surface area contributed by atoms with Crippen molar-refractivity contribution >= 4 is 17.5 Å². The number of hydrogen-bond donors (Lipinski definition) is 3. The largest absolute Gasteiger partial charge is 0.490 e. The third-order valence-corrected chi connectivity index (χ3v) is 6.31. The molecule has 0 bridgehead atoms. The molecule has 3 rings (SSSR count). The van der Waals surface area contributed by atoms with E-state index in [0.29, 0.717) is 25.1 Å². The smallest absolute Gasteiger partial charge is 0.335 e. The first kappa shape index (κ1) is 29.9. The quantitative estimate of drug-likeness (QED) is 0.415. The zero-order chi connectivity index (χ0) is 26.7. The molecular weight excluding hydrogens is 468 g/mol. The maximum absolute atomic E-state index is 12.2. The van der Waals surface area contributed by atoms with Crippen molar-refractivity contribution in [2.24, 2.45) is 0 Å². The number of carbonyl (C=O) groups excluding carboxylic acids is 2. The molecule has 10 heteroatoms. The Labute approximate surface area is 212 Å². The Morgan fingerprint density at radius 2 is 1.58 bits per heavy atom. The van der Waals surface area contributed by atoms with Crippen LogP contribution >= 0.6 is 0 Å². The zero-order valence-corrected chi connectivity index (χ0v) is 21.5. The Kier molecular flexibility index (Phi) is 12.5. The topological polar surface area (TPSA) is 137 Å². The van der Waals surface area contributed by atoms with Crippen molar-refractivity contribution in [1.82, 2.24) is 9.80 Å². The van der Waals surface area contributed by atoms with E-state index in [0.717, 1.165) is 70.5 Å². The Hall–Kier alpha value is -2.37. The van der Waals surface area contributed by atoms with Crippen LogP contribution in [0.5, 0.6) is 5.75 Å². The Morgan fingerprint density at radius 1 is 1.00 bits per heavy atom. The predicted octanol–water partition coefficient (Wildman–Crippen LogP) is 0.764. The lowest BCUT2D eigenvalue weighted by atomic mass is 10.1. The standard InChI is InChI=1S/C21H32N2O3.C5H8O5/c1-17(2)23-9-7-21(8-10-23)26-20-5-3-18(4-6-20)15-19(24)16-22-11-13-25-14-12-22;1-2(6)3(7)4(8)5(9)10/h3-6,17,21H,7-16H2,1-2H3;3-4,7-8H,1H3,(H,9,10). The van der Waals surface area contributed by atoms with E-state index >= 15 is 0 Å². The number of likely N-dealkylation sites (tertiary alicyclic amines) is 1. The molecular formula is C26H40N2O8. The minimum Gasteiger partial charge on any atom is -0.490 e. The summed E-state index contributed by atoms with van der Waals surface area (Å²) < 4.78 is 11.5. The fourth-order valence-corrected chi connectivity index (χ4v) is 4.04. The number of aliphatic hydroxyl groups is 2. The van der Waals surface area contributed by atoms with Crippen molar-refractivity contribution in [3.8, 4) is 5.75 Å². The molecule has 0 aliphatic carbocycles. The summed E-state index contributed by atoms with van der Waals surface area (Å²) in [6.45, 7) is 11.4. The average Bonchev–Trinajstić information content (AvgIpc) is 2.85. The van der Waals surface area contributed by atoms with Gasteiger partial charge in [0.2, 0.25) is 0 Å². The number of rotatable bonds is 10. The third kappa shape index (κ3) is 10.3. The van der Waals surface area contributed by atoms with Gasteiger partial charge in [0.15, 0.2) is 17.7 Å². The molecule has 1 aromatic carbocycles. The summed E-state index contributed by atoms with van der Waals surface area (Å²) >= 11 is 0. The van der Waals surface area contributed by atoms with Gasteiger partial charge in [-0.25, -0.2) is 4.79 Å². The van der Waals surface area contributed by atoms with Gasteiger partial charge in [0.25, 0.3) is 0 Å². The Morgan fingerprint density at radius 3 is 2.06 bits per heavy atom. The highest BCUT2D eigenvalue weighted by atomic mass is 16.5. The van der Waals surface area contributed by atoms with Crippen molar-refractivity contribution in [2.75, 3.05) is 45.9 Å². The normalized spacial score (nSPS) is 19.2. The van der Waals surface area contributed by atoms with Crippen molar-refractivity contribution < 1.29 is 39.2 Å². The molecule has 0 radical (unpaired) electrons. The number of morpholine rings is 1. The molecule has 2 heterocycles. The Bertz CT molecular complexity index is 813. The van der Waals surface area contributed by atoms with Gasteiger partial charge in [0, 0.05) is 38.6 Å². The highest BCUT2D eigenvalue weighted by molar-refractivity contribution is 5.87. The fraction of sp³-hybridized carbons (Fsp3) is 0.654. The van der Waals surface area contributed by atoms with E-state index in [1.807, 2.05) is 24.3 Å². The minimum absolute atomic E-state index is 0.265. The molecule has 1 aromatic rings. The second-order valence-electron chi connectivity index (χ2n) is 9.53. The van der Waals surface area contributed by atoms with Gasteiger partial charge in [0.05, 0.1) is 19.8 Å². The van der Waals surface area contributed by atoms with Crippen LogP contribution < -0.4 is 4.74 Å². The van der Waals surface area contributed by atoms with E-state index in [-0.39, 0.29) is 5.78 Å². The predicted molar refractivity (Wildman–Crippen MR) is 133 cm³/mol. The first-order valence-electron chi connectivity index (χ1n) is 12.5. The first-order chi connectivity index (χ1) is 17.1. The number of benzene rings is 1. The van der Waals surface area contributed by atoms with Crippen molar-refractivity contribution in [2.45, 2.75) is 64.4 Å². The van der Waals surface area contributed by atoms with Gasteiger partial charge in [-0.05, 0) is 51.3 Å². The lowest BCUT2D eigenvalue weighted by Crippen LogP contribution is -2.41. The SMILES string of the molecule is CC(=O)C(O)C(O)C(=O)O.CC(C)N1CCC(Oc2ccc(CC(=O)CN3CCOCC3)cc2)CC1. The average molecular weight is 509 g/mol. The number of piperidine rings is 1. The van der Waals surface area contributed by atoms with Crippen LogP contribution in [0.3, 0.4) is 0 Å². The maximum Gasteiger partial charge on any atom is 0.335 e. The van der Waals surface area contributed by atoms with Crippen molar-refractivity contribution in [3.05, 3.63) is 29.8 Å². The number of hydrogen-bond acceptors (Lipinski definition) is 9. The molecule has 0 amide bonds. The number of Topliss-reactive ketones (excluding diaryl/α,β-unsaturated/α-hetero) is 2. The summed E-state index contributed by atoms with van der Waals surface area (Å²) in [6, 6.07) is 8.68. The maximum atomic E-state index is 12.2. The zero-order valence-electron chi connectivity index (χ0n) is 21.5. The number of aliphatic carboxylic acids is 1. The minimum atomic E-state index is -2.02. The second-order valence-corrected chi connectivity index (χ2v) is 9.53. The van der Waals surface area contributed by atoms with E-state index in [9.17, 15) is 14.4 Å². The van der Waals surface area contributed by atoms with E-state index in [2.05, 4.69) is 23.6 Å². The summed E-state index contributed by atoms with van der Waals surface area (Å²) in [4.78, 5) is 37.0. The number of carboxylic acid groups (broad SMARTS) is 1. The molecule has 2 fully saturated rings. The van der Waals surface area contributed by atoms with Gasteiger partial charge in [-0.15, -0.1) is 0 Å².